The van der Waals surface area contributed by atoms with Gasteiger partial charge in [0.1, 0.15) is 0 Å². The van der Waals surface area contributed by atoms with Crippen LogP contribution in [-0.4, -0.2) is 19.5 Å². The van der Waals surface area contributed by atoms with E-state index in [4.69, 9.17) is 0 Å². The van der Waals surface area contributed by atoms with Gasteiger partial charge in [-0.1, -0.05) is 44.7 Å². The predicted molar refractivity (Wildman–Crippen MR) is 80.2 cm³/mol. The lowest BCUT2D eigenvalue weighted by Gasteiger charge is -2.23. The molecule has 0 spiro atoms. The fourth-order valence-electron chi connectivity index (χ4n) is 2.14. The molecular formula is C16H24N2O. The third kappa shape index (κ3) is 4.21. The summed E-state index contributed by atoms with van der Waals surface area (Å²) in [7, 11) is 1.91. The molecule has 2 N–H and O–H groups in total. The number of hydrogen-bond donors (Lipinski definition) is 2. The minimum Gasteiger partial charge on any atom is -0.351 e. The first-order valence-electron chi connectivity index (χ1n) is 6.80. The summed E-state index contributed by atoms with van der Waals surface area (Å²) in [5.74, 6) is 0.378. The van der Waals surface area contributed by atoms with Crippen LogP contribution in [0.3, 0.4) is 0 Å². The van der Waals surface area contributed by atoms with Crippen LogP contribution >= 0.6 is 0 Å². The normalized spacial score (nSPS) is 13.6. The van der Waals surface area contributed by atoms with Gasteiger partial charge in [0.15, 0.2) is 0 Å². The topological polar surface area (TPSA) is 41.1 Å². The highest BCUT2D eigenvalue weighted by molar-refractivity contribution is 5.86. The van der Waals surface area contributed by atoms with E-state index in [-0.39, 0.29) is 11.9 Å². The zero-order valence-electron chi connectivity index (χ0n) is 12.1. The third-order valence-electron chi connectivity index (χ3n) is 3.53. The van der Waals surface area contributed by atoms with Gasteiger partial charge >= 0.3 is 0 Å². The molecule has 0 radical (unpaired) electrons. The molecule has 0 saturated carbocycles. The summed E-state index contributed by atoms with van der Waals surface area (Å²) in [5.41, 5.74) is 2.60. The zero-order chi connectivity index (χ0) is 14.3. The Morgan fingerprint density at radius 1 is 1.37 bits per heavy atom. The van der Waals surface area contributed by atoms with Crippen molar-refractivity contribution in [1.82, 2.24) is 10.6 Å². The van der Waals surface area contributed by atoms with Crippen LogP contribution in [0, 0.1) is 0 Å². The number of carbonyl (C=O) groups excluding carboxylic acids is 1. The number of carbonyl (C=O) groups is 1. The van der Waals surface area contributed by atoms with Crippen molar-refractivity contribution < 1.29 is 4.79 Å². The molecule has 0 fully saturated rings. The van der Waals surface area contributed by atoms with Gasteiger partial charge in [-0.2, -0.15) is 0 Å². The SMILES string of the molecule is C=CC(=O)NCC(NC)c1ccccc1C(C)CC. The molecular weight excluding hydrogens is 236 g/mol. The van der Waals surface area contributed by atoms with E-state index >= 15 is 0 Å². The van der Waals surface area contributed by atoms with Gasteiger partial charge in [-0.25, -0.2) is 0 Å². The molecule has 1 aromatic rings. The highest BCUT2D eigenvalue weighted by Gasteiger charge is 2.16. The number of likely N-dealkylation sites (N-methyl/N-ethyl adjacent to an activating group) is 1. The molecule has 2 atom stereocenters. The molecule has 0 aromatic heterocycles. The van der Waals surface area contributed by atoms with Crippen LogP contribution in [0.5, 0.6) is 0 Å². The van der Waals surface area contributed by atoms with Crippen LogP contribution in [-0.2, 0) is 4.79 Å². The monoisotopic (exact) mass is 260 g/mol. The number of benzene rings is 1. The summed E-state index contributed by atoms with van der Waals surface area (Å²) in [4.78, 5) is 11.3. The van der Waals surface area contributed by atoms with Crippen LogP contribution in [0.1, 0.15) is 43.4 Å². The largest absolute Gasteiger partial charge is 0.351 e. The lowest BCUT2D eigenvalue weighted by molar-refractivity contribution is -0.116. The van der Waals surface area contributed by atoms with E-state index in [0.717, 1.165) is 6.42 Å². The van der Waals surface area contributed by atoms with Gasteiger partial charge in [-0.05, 0) is 36.6 Å². The van der Waals surface area contributed by atoms with Crippen molar-refractivity contribution in [3.8, 4) is 0 Å². The Bertz CT molecular complexity index is 429. The Balaban J connectivity index is 2.91. The molecule has 3 heteroatoms. The predicted octanol–water partition coefficient (Wildman–Crippen LogP) is 2.76. The number of nitrogens with one attached hydrogen (secondary N) is 2. The second-order valence-corrected chi connectivity index (χ2v) is 4.73. The molecule has 104 valence electrons. The van der Waals surface area contributed by atoms with Crippen LogP contribution in [0.2, 0.25) is 0 Å². The summed E-state index contributed by atoms with van der Waals surface area (Å²) >= 11 is 0. The van der Waals surface area contributed by atoms with E-state index in [1.54, 1.807) is 0 Å². The molecule has 19 heavy (non-hydrogen) atoms. The molecule has 2 unspecified atom stereocenters. The Morgan fingerprint density at radius 2 is 2.00 bits per heavy atom. The highest BCUT2D eigenvalue weighted by atomic mass is 16.1. The van der Waals surface area contributed by atoms with Crippen molar-refractivity contribution in [2.75, 3.05) is 13.6 Å². The Kier molecular flexibility index (Phi) is 6.30. The second kappa shape index (κ2) is 7.74. The van der Waals surface area contributed by atoms with Crippen molar-refractivity contribution in [1.29, 1.82) is 0 Å². The average Bonchev–Trinajstić information content (AvgIpc) is 2.47. The summed E-state index contributed by atoms with van der Waals surface area (Å²) in [5, 5.41) is 6.11. The summed E-state index contributed by atoms with van der Waals surface area (Å²) in [6.07, 6.45) is 2.40. The molecule has 0 aliphatic heterocycles. The molecule has 0 bridgehead atoms. The molecule has 0 aliphatic carbocycles. The van der Waals surface area contributed by atoms with Gasteiger partial charge in [-0.3, -0.25) is 4.79 Å². The van der Waals surface area contributed by atoms with Crippen LogP contribution in [0.4, 0.5) is 0 Å². The first-order chi connectivity index (χ1) is 9.13. The van der Waals surface area contributed by atoms with Crippen molar-refractivity contribution >= 4 is 5.91 Å². The van der Waals surface area contributed by atoms with Gasteiger partial charge in [0, 0.05) is 12.6 Å². The van der Waals surface area contributed by atoms with E-state index in [9.17, 15) is 4.79 Å². The maximum atomic E-state index is 11.3. The lowest BCUT2D eigenvalue weighted by Crippen LogP contribution is -2.33. The molecule has 1 rings (SSSR count). The van der Waals surface area contributed by atoms with E-state index in [1.807, 2.05) is 13.1 Å². The zero-order valence-corrected chi connectivity index (χ0v) is 12.1. The number of amides is 1. The smallest absolute Gasteiger partial charge is 0.243 e. The molecule has 1 amide bonds. The Labute approximate surface area is 116 Å². The highest BCUT2D eigenvalue weighted by Crippen LogP contribution is 2.26. The molecule has 0 aliphatic rings. The summed E-state index contributed by atoms with van der Waals surface area (Å²) < 4.78 is 0. The first kappa shape index (κ1) is 15.4. The minimum absolute atomic E-state index is 0.120. The second-order valence-electron chi connectivity index (χ2n) is 4.73. The lowest BCUT2D eigenvalue weighted by atomic mass is 9.90. The Morgan fingerprint density at radius 3 is 2.53 bits per heavy atom. The number of hydrogen-bond acceptors (Lipinski definition) is 2. The summed E-state index contributed by atoms with van der Waals surface area (Å²) in [6.45, 7) is 8.45. The van der Waals surface area contributed by atoms with Crippen molar-refractivity contribution in [3.63, 3.8) is 0 Å². The fourth-order valence-corrected chi connectivity index (χ4v) is 2.14. The minimum atomic E-state index is -0.138. The molecule has 0 saturated heterocycles. The van der Waals surface area contributed by atoms with E-state index in [1.165, 1.54) is 17.2 Å². The maximum Gasteiger partial charge on any atom is 0.243 e. The van der Waals surface area contributed by atoms with Gasteiger partial charge in [0.25, 0.3) is 0 Å². The average molecular weight is 260 g/mol. The van der Waals surface area contributed by atoms with Gasteiger partial charge in [-0.15, -0.1) is 0 Å². The maximum absolute atomic E-state index is 11.3. The quantitative estimate of drug-likeness (QED) is 0.740. The van der Waals surface area contributed by atoms with Crippen molar-refractivity contribution in [2.24, 2.45) is 0 Å². The van der Waals surface area contributed by atoms with E-state index < -0.39 is 0 Å². The molecule has 1 aromatic carbocycles. The Hall–Kier alpha value is -1.61. The molecule has 3 nitrogen and oxygen atoms in total. The van der Waals surface area contributed by atoms with E-state index in [2.05, 4.69) is 49.3 Å². The van der Waals surface area contributed by atoms with E-state index in [0.29, 0.717) is 12.5 Å². The van der Waals surface area contributed by atoms with Crippen LogP contribution in [0.25, 0.3) is 0 Å². The van der Waals surface area contributed by atoms with Gasteiger partial charge in [0.2, 0.25) is 5.91 Å². The third-order valence-corrected chi connectivity index (χ3v) is 3.53. The van der Waals surface area contributed by atoms with Crippen LogP contribution in [0.15, 0.2) is 36.9 Å². The fraction of sp³-hybridized carbons (Fsp3) is 0.438. The first-order valence-corrected chi connectivity index (χ1v) is 6.80. The molecule has 0 heterocycles. The number of rotatable bonds is 7. The summed E-state index contributed by atoms with van der Waals surface area (Å²) in [6, 6.07) is 8.53. The van der Waals surface area contributed by atoms with Crippen LogP contribution < -0.4 is 10.6 Å². The van der Waals surface area contributed by atoms with Gasteiger partial charge < -0.3 is 10.6 Å². The van der Waals surface area contributed by atoms with Crippen molar-refractivity contribution in [2.45, 2.75) is 32.2 Å². The van der Waals surface area contributed by atoms with Gasteiger partial charge in [0.05, 0.1) is 0 Å². The van der Waals surface area contributed by atoms with Crippen molar-refractivity contribution in [3.05, 3.63) is 48.0 Å². The standard InChI is InChI=1S/C16H24N2O/c1-5-12(3)13-9-7-8-10-14(13)15(17-4)11-18-16(19)6-2/h6-10,12,15,17H,2,5,11H2,1,3-4H3,(H,18,19).